The molecule has 1 fully saturated rings. The molecule has 1 aliphatic rings. The lowest BCUT2D eigenvalue weighted by molar-refractivity contribution is 0.386. The average Bonchev–Trinajstić information content (AvgIpc) is 2.45. The Morgan fingerprint density at radius 3 is 2.14 bits per heavy atom. The quantitative estimate of drug-likeness (QED) is 0.614. The average molecular weight is 338 g/mol. The van der Waals surface area contributed by atoms with Crippen LogP contribution in [0.3, 0.4) is 0 Å². The van der Waals surface area contributed by atoms with Crippen molar-refractivity contribution in [3.8, 4) is 0 Å². The lowest BCUT2D eigenvalue weighted by Gasteiger charge is -2.28. The first kappa shape index (κ1) is 17.4. The van der Waals surface area contributed by atoms with E-state index in [0.29, 0.717) is 18.0 Å². The molecule has 1 aliphatic heterocycles. The molecule has 1 heterocycles. The summed E-state index contributed by atoms with van der Waals surface area (Å²) in [6.45, 7) is 10.3. The van der Waals surface area contributed by atoms with Crippen molar-refractivity contribution in [3.05, 3.63) is 41.5 Å². The molecule has 0 spiro atoms. The van der Waals surface area contributed by atoms with Gasteiger partial charge in [-0.1, -0.05) is 49.0 Å². The lowest BCUT2D eigenvalue weighted by Crippen LogP contribution is -2.36. The Bertz CT molecular complexity index is 632. The number of aryl methyl sites for hydroxylation is 1. The molecule has 122 valence electrons. The van der Waals surface area contributed by atoms with E-state index in [0.717, 1.165) is 18.4 Å². The van der Waals surface area contributed by atoms with Crippen molar-refractivity contribution in [3.63, 3.8) is 0 Å². The molecule has 1 saturated heterocycles. The van der Waals surface area contributed by atoms with Crippen LogP contribution in [0.4, 0.5) is 0 Å². The number of sulfonamides is 1. The number of rotatable bonds is 4. The van der Waals surface area contributed by atoms with Gasteiger partial charge >= 0.3 is 0 Å². The zero-order valence-corrected chi connectivity index (χ0v) is 15.9. The third-order valence-corrected chi connectivity index (χ3v) is 7.37. The molecule has 0 bridgehead atoms. The molecule has 1 aromatic rings. The van der Waals surface area contributed by atoms with Gasteiger partial charge in [0.1, 0.15) is 0 Å². The summed E-state index contributed by atoms with van der Waals surface area (Å²) in [6, 6.07) is 8.32. The highest BCUT2D eigenvalue weighted by atomic mass is 32.2. The first-order valence-corrected chi connectivity index (χ1v) is 13.1. The first-order chi connectivity index (χ1) is 10.2. The topological polar surface area (TPSA) is 37.4 Å². The standard InChI is InChI=1S/C17H27NO2SSi/c1-15-5-7-17(8-6-15)21(19,20)18-12-9-16(10-13-18)11-14-22(2,3)4/h5-8,11H,9-10,12-14H2,1-4H3. The minimum atomic E-state index is -3.33. The minimum Gasteiger partial charge on any atom is -0.207 e. The Morgan fingerprint density at radius 2 is 1.64 bits per heavy atom. The fourth-order valence-electron chi connectivity index (χ4n) is 2.53. The van der Waals surface area contributed by atoms with Gasteiger partial charge in [-0.15, -0.1) is 0 Å². The van der Waals surface area contributed by atoms with Crippen molar-refractivity contribution >= 4 is 18.1 Å². The van der Waals surface area contributed by atoms with E-state index in [4.69, 9.17) is 0 Å². The van der Waals surface area contributed by atoms with E-state index in [1.807, 2.05) is 19.1 Å². The summed E-state index contributed by atoms with van der Waals surface area (Å²) >= 11 is 0. The fraction of sp³-hybridized carbons (Fsp3) is 0.529. The van der Waals surface area contributed by atoms with Gasteiger partial charge in [-0.25, -0.2) is 8.42 Å². The van der Waals surface area contributed by atoms with Crippen molar-refractivity contribution in [2.45, 2.75) is 50.3 Å². The van der Waals surface area contributed by atoms with Gasteiger partial charge in [0.25, 0.3) is 0 Å². The SMILES string of the molecule is Cc1ccc(S(=O)(=O)N2CCC(=CC[Si](C)(C)C)CC2)cc1. The number of allylic oxidation sites excluding steroid dienone is 1. The number of hydrogen-bond acceptors (Lipinski definition) is 2. The largest absolute Gasteiger partial charge is 0.243 e. The van der Waals surface area contributed by atoms with E-state index >= 15 is 0 Å². The maximum atomic E-state index is 12.6. The zero-order valence-electron chi connectivity index (χ0n) is 14.1. The van der Waals surface area contributed by atoms with Crippen LogP contribution in [-0.2, 0) is 10.0 Å². The van der Waals surface area contributed by atoms with Crippen LogP contribution in [0.2, 0.25) is 25.7 Å². The van der Waals surface area contributed by atoms with Crippen LogP contribution in [0.1, 0.15) is 18.4 Å². The Balaban J connectivity index is 2.03. The molecule has 0 aromatic heterocycles. The van der Waals surface area contributed by atoms with Gasteiger partial charge in [-0.05, 0) is 37.9 Å². The molecule has 3 nitrogen and oxygen atoms in total. The highest BCUT2D eigenvalue weighted by Crippen LogP contribution is 2.24. The van der Waals surface area contributed by atoms with Crippen LogP contribution >= 0.6 is 0 Å². The molecule has 0 amide bonds. The Hall–Kier alpha value is -0.913. The van der Waals surface area contributed by atoms with Gasteiger partial charge in [0, 0.05) is 21.2 Å². The first-order valence-electron chi connectivity index (χ1n) is 7.93. The van der Waals surface area contributed by atoms with Crippen LogP contribution in [0, 0.1) is 6.92 Å². The van der Waals surface area contributed by atoms with Crippen molar-refractivity contribution in [1.82, 2.24) is 4.31 Å². The summed E-state index contributed by atoms with van der Waals surface area (Å²) in [5.74, 6) is 0. The highest BCUT2D eigenvalue weighted by Gasteiger charge is 2.27. The monoisotopic (exact) mass is 337 g/mol. The third-order valence-electron chi connectivity index (χ3n) is 4.03. The van der Waals surface area contributed by atoms with E-state index < -0.39 is 18.1 Å². The highest BCUT2D eigenvalue weighted by molar-refractivity contribution is 7.89. The van der Waals surface area contributed by atoms with Crippen LogP contribution in [0.5, 0.6) is 0 Å². The maximum absolute atomic E-state index is 12.6. The Morgan fingerprint density at radius 1 is 1.09 bits per heavy atom. The number of nitrogens with zero attached hydrogens (tertiary/aromatic N) is 1. The predicted octanol–water partition coefficient (Wildman–Crippen LogP) is 4.04. The second kappa shape index (κ2) is 6.68. The molecule has 0 radical (unpaired) electrons. The molecule has 0 aliphatic carbocycles. The fourth-order valence-corrected chi connectivity index (χ4v) is 4.87. The second-order valence-electron chi connectivity index (χ2n) is 7.34. The van der Waals surface area contributed by atoms with Gasteiger partial charge in [-0.2, -0.15) is 4.31 Å². The molecule has 0 unspecified atom stereocenters. The van der Waals surface area contributed by atoms with Crippen LogP contribution in [-0.4, -0.2) is 33.9 Å². The van der Waals surface area contributed by atoms with E-state index in [1.54, 1.807) is 16.4 Å². The van der Waals surface area contributed by atoms with E-state index in [-0.39, 0.29) is 0 Å². The van der Waals surface area contributed by atoms with Crippen molar-refractivity contribution in [1.29, 1.82) is 0 Å². The van der Waals surface area contributed by atoms with Gasteiger partial charge < -0.3 is 0 Å². The van der Waals surface area contributed by atoms with Gasteiger partial charge in [0.2, 0.25) is 10.0 Å². The predicted molar refractivity (Wildman–Crippen MR) is 95.4 cm³/mol. The number of benzene rings is 1. The van der Waals surface area contributed by atoms with Crippen LogP contribution < -0.4 is 0 Å². The normalized spacial score (nSPS) is 17.5. The molecule has 5 heteroatoms. The van der Waals surface area contributed by atoms with Crippen molar-refractivity contribution in [2.75, 3.05) is 13.1 Å². The smallest absolute Gasteiger partial charge is 0.207 e. The molecular formula is C17H27NO2SSi. The number of hydrogen-bond donors (Lipinski definition) is 0. The van der Waals surface area contributed by atoms with E-state index in [1.165, 1.54) is 11.6 Å². The summed E-state index contributed by atoms with van der Waals surface area (Å²) in [7, 11) is -4.39. The second-order valence-corrected chi connectivity index (χ2v) is 14.8. The molecule has 1 aromatic carbocycles. The van der Waals surface area contributed by atoms with Crippen molar-refractivity contribution in [2.24, 2.45) is 0 Å². The maximum Gasteiger partial charge on any atom is 0.243 e. The summed E-state index contributed by atoms with van der Waals surface area (Å²) in [5, 5.41) is 0. The Labute approximate surface area is 136 Å². The summed E-state index contributed by atoms with van der Waals surface area (Å²) in [4.78, 5) is 0.410. The number of piperidine rings is 1. The summed E-state index contributed by atoms with van der Waals surface area (Å²) in [6.07, 6.45) is 4.10. The minimum absolute atomic E-state index is 0.410. The van der Waals surface area contributed by atoms with Crippen LogP contribution in [0.15, 0.2) is 40.8 Å². The molecule has 0 saturated carbocycles. The van der Waals surface area contributed by atoms with Gasteiger partial charge in [0.15, 0.2) is 0 Å². The molecule has 0 atom stereocenters. The molecule has 0 N–H and O–H groups in total. The zero-order chi connectivity index (χ0) is 16.4. The van der Waals surface area contributed by atoms with Gasteiger partial charge in [-0.3, -0.25) is 0 Å². The molecule has 2 rings (SSSR count). The molecule has 22 heavy (non-hydrogen) atoms. The van der Waals surface area contributed by atoms with Crippen molar-refractivity contribution < 1.29 is 8.42 Å². The molecular weight excluding hydrogens is 310 g/mol. The van der Waals surface area contributed by atoms with Crippen LogP contribution in [0.25, 0.3) is 0 Å². The van der Waals surface area contributed by atoms with Gasteiger partial charge in [0.05, 0.1) is 4.90 Å². The van der Waals surface area contributed by atoms with E-state index in [2.05, 4.69) is 25.7 Å². The summed E-state index contributed by atoms with van der Waals surface area (Å²) in [5.41, 5.74) is 2.51. The van der Waals surface area contributed by atoms with E-state index in [9.17, 15) is 8.42 Å². The Kier molecular flexibility index (Phi) is 5.30. The summed E-state index contributed by atoms with van der Waals surface area (Å²) < 4.78 is 26.9. The third kappa shape index (κ3) is 4.54. The lowest BCUT2D eigenvalue weighted by atomic mass is 10.1.